The molecule has 27 heavy (non-hydrogen) atoms. The Bertz CT molecular complexity index is 879. The molecular weight excluding hydrogens is 342 g/mol. The number of carbonyl (C=O) groups is 1. The molecule has 0 atom stereocenters. The molecule has 0 radical (unpaired) electrons. The highest BCUT2D eigenvalue weighted by atomic mass is 16.1. The van der Waals surface area contributed by atoms with Gasteiger partial charge < -0.3 is 15.1 Å². The molecule has 0 saturated carbocycles. The van der Waals surface area contributed by atoms with Crippen molar-refractivity contribution in [2.75, 3.05) is 41.3 Å². The average Bonchev–Trinajstić information content (AvgIpc) is 2.76. The van der Waals surface area contributed by atoms with Crippen LogP contribution >= 0.6 is 0 Å². The van der Waals surface area contributed by atoms with E-state index in [1.54, 1.807) is 12.4 Å². The third-order valence-corrected chi connectivity index (χ3v) is 4.38. The fourth-order valence-corrected chi connectivity index (χ4v) is 2.96. The topological polar surface area (TPSA) is 87.1 Å². The van der Waals surface area contributed by atoms with Crippen molar-refractivity contribution in [2.45, 2.75) is 0 Å². The maximum atomic E-state index is 12.1. The second-order valence-corrected chi connectivity index (χ2v) is 6.13. The molecular formula is C19H19N7O. The molecule has 1 aromatic carbocycles. The predicted octanol–water partition coefficient (Wildman–Crippen LogP) is 1.85. The lowest BCUT2D eigenvalue weighted by Crippen LogP contribution is -2.47. The Morgan fingerprint density at radius 1 is 0.852 bits per heavy atom. The van der Waals surface area contributed by atoms with Gasteiger partial charge in [0.1, 0.15) is 5.69 Å². The van der Waals surface area contributed by atoms with Gasteiger partial charge in [-0.1, -0.05) is 18.2 Å². The van der Waals surface area contributed by atoms with Crippen molar-refractivity contribution in [3.8, 4) is 0 Å². The highest BCUT2D eigenvalue weighted by Crippen LogP contribution is 2.18. The van der Waals surface area contributed by atoms with Crippen LogP contribution in [0.15, 0.2) is 61.3 Å². The summed E-state index contributed by atoms with van der Waals surface area (Å²) >= 11 is 0. The largest absolute Gasteiger partial charge is 0.368 e. The highest BCUT2D eigenvalue weighted by Gasteiger charge is 2.19. The lowest BCUT2D eigenvalue weighted by Gasteiger charge is -2.36. The van der Waals surface area contributed by atoms with Crippen LogP contribution in [0.25, 0.3) is 0 Å². The van der Waals surface area contributed by atoms with Crippen LogP contribution in [0.4, 0.5) is 17.3 Å². The highest BCUT2D eigenvalue weighted by molar-refractivity contribution is 6.02. The van der Waals surface area contributed by atoms with E-state index >= 15 is 0 Å². The molecule has 3 heterocycles. The molecule has 0 bridgehead atoms. The van der Waals surface area contributed by atoms with Crippen LogP contribution in [0, 0.1) is 0 Å². The van der Waals surface area contributed by atoms with Crippen molar-refractivity contribution in [2.24, 2.45) is 0 Å². The van der Waals surface area contributed by atoms with Crippen molar-refractivity contribution in [3.63, 3.8) is 0 Å². The zero-order chi connectivity index (χ0) is 18.5. The first kappa shape index (κ1) is 16.9. The molecule has 1 aliphatic heterocycles. The van der Waals surface area contributed by atoms with Crippen LogP contribution in [-0.4, -0.2) is 52.0 Å². The monoisotopic (exact) mass is 361 g/mol. The quantitative estimate of drug-likeness (QED) is 0.759. The van der Waals surface area contributed by atoms with Crippen LogP contribution in [-0.2, 0) is 0 Å². The van der Waals surface area contributed by atoms with E-state index in [0.29, 0.717) is 11.6 Å². The Kier molecular flexibility index (Phi) is 4.86. The van der Waals surface area contributed by atoms with Gasteiger partial charge in [0, 0.05) is 44.3 Å². The Balaban J connectivity index is 1.35. The summed E-state index contributed by atoms with van der Waals surface area (Å²) in [6.07, 6.45) is 7.63. The Labute approximate surface area is 156 Å². The summed E-state index contributed by atoms with van der Waals surface area (Å²) in [5.74, 6) is 0.330. The van der Waals surface area contributed by atoms with E-state index < -0.39 is 0 Å². The Morgan fingerprint density at radius 2 is 1.56 bits per heavy atom. The van der Waals surface area contributed by atoms with E-state index in [9.17, 15) is 4.79 Å². The average molecular weight is 361 g/mol. The number of aromatic nitrogens is 4. The third kappa shape index (κ3) is 4.00. The first-order valence-corrected chi connectivity index (χ1v) is 8.74. The summed E-state index contributed by atoms with van der Waals surface area (Å²) in [6, 6.07) is 10.4. The van der Waals surface area contributed by atoms with Crippen molar-refractivity contribution in [1.29, 1.82) is 0 Å². The molecule has 3 aromatic rings. The number of para-hydroxylation sites is 1. The van der Waals surface area contributed by atoms with Gasteiger partial charge in [-0.25, -0.2) is 15.0 Å². The van der Waals surface area contributed by atoms with Gasteiger partial charge in [0.2, 0.25) is 5.95 Å². The summed E-state index contributed by atoms with van der Waals surface area (Å²) in [5.41, 5.74) is 2.01. The van der Waals surface area contributed by atoms with Crippen molar-refractivity contribution >= 4 is 23.2 Å². The van der Waals surface area contributed by atoms with Crippen molar-refractivity contribution in [1.82, 2.24) is 19.9 Å². The van der Waals surface area contributed by atoms with Gasteiger partial charge in [-0.15, -0.1) is 0 Å². The number of hydrogen-bond acceptors (Lipinski definition) is 7. The second kappa shape index (κ2) is 7.77. The van der Waals surface area contributed by atoms with E-state index in [0.717, 1.165) is 26.2 Å². The minimum absolute atomic E-state index is 0.249. The molecule has 136 valence electrons. The first-order valence-electron chi connectivity index (χ1n) is 8.74. The summed E-state index contributed by atoms with van der Waals surface area (Å²) < 4.78 is 0. The molecule has 1 saturated heterocycles. The maximum absolute atomic E-state index is 12.1. The molecule has 1 amide bonds. The minimum Gasteiger partial charge on any atom is -0.368 e. The molecule has 4 rings (SSSR count). The molecule has 1 N–H and O–H groups in total. The van der Waals surface area contributed by atoms with Gasteiger partial charge in [0.25, 0.3) is 5.91 Å². The van der Waals surface area contributed by atoms with Crippen LogP contribution in [0.2, 0.25) is 0 Å². The number of anilines is 3. The molecule has 2 aromatic heterocycles. The van der Waals surface area contributed by atoms with Crippen LogP contribution in [0.5, 0.6) is 0 Å². The van der Waals surface area contributed by atoms with Gasteiger partial charge in [-0.2, -0.15) is 0 Å². The number of nitrogens with one attached hydrogen (secondary N) is 1. The smallest absolute Gasteiger partial charge is 0.275 e. The summed E-state index contributed by atoms with van der Waals surface area (Å²) in [4.78, 5) is 33.2. The normalized spacial score (nSPS) is 14.1. The Morgan fingerprint density at radius 3 is 2.22 bits per heavy atom. The molecule has 1 fully saturated rings. The number of hydrogen-bond donors (Lipinski definition) is 1. The number of piperazine rings is 1. The molecule has 8 heteroatoms. The third-order valence-electron chi connectivity index (χ3n) is 4.38. The van der Waals surface area contributed by atoms with Gasteiger partial charge in [-0.3, -0.25) is 9.78 Å². The predicted molar refractivity (Wildman–Crippen MR) is 103 cm³/mol. The fourth-order valence-electron chi connectivity index (χ4n) is 2.96. The lowest BCUT2D eigenvalue weighted by molar-refractivity contribution is 0.102. The van der Waals surface area contributed by atoms with E-state index in [-0.39, 0.29) is 11.6 Å². The number of benzene rings is 1. The molecule has 0 aliphatic carbocycles. The van der Waals surface area contributed by atoms with Crippen LogP contribution in [0.3, 0.4) is 0 Å². The molecule has 0 spiro atoms. The maximum Gasteiger partial charge on any atom is 0.275 e. The number of amides is 1. The van der Waals surface area contributed by atoms with Gasteiger partial charge >= 0.3 is 0 Å². The zero-order valence-corrected chi connectivity index (χ0v) is 14.7. The number of carbonyl (C=O) groups excluding carboxylic acids is 1. The van der Waals surface area contributed by atoms with E-state index in [1.165, 1.54) is 24.3 Å². The second-order valence-electron chi connectivity index (χ2n) is 6.13. The molecule has 0 unspecified atom stereocenters. The lowest BCUT2D eigenvalue weighted by atomic mass is 10.2. The number of nitrogens with zero attached hydrogens (tertiary/aromatic N) is 6. The minimum atomic E-state index is -0.337. The van der Waals surface area contributed by atoms with Crippen LogP contribution < -0.4 is 15.1 Å². The zero-order valence-electron chi connectivity index (χ0n) is 14.7. The fraction of sp³-hybridized carbons (Fsp3) is 0.211. The number of rotatable bonds is 4. The standard InChI is InChI=1S/C19H19N7O/c27-18(17-14-20-6-7-21-17)24-15-12-22-19(23-13-15)26-10-8-25(9-11-26)16-4-2-1-3-5-16/h1-7,12-14H,8-11H2,(H,24,27). The van der Waals surface area contributed by atoms with E-state index in [4.69, 9.17) is 0 Å². The van der Waals surface area contributed by atoms with Gasteiger partial charge in [0.15, 0.2) is 0 Å². The Hall–Kier alpha value is -3.55. The van der Waals surface area contributed by atoms with Crippen molar-refractivity contribution in [3.05, 3.63) is 67.0 Å². The molecule has 1 aliphatic rings. The van der Waals surface area contributed by atoms with Gasteiger partial charge in [0.05, 0.1) is 24.3 Å². The van der Waals surface area contributed by atoms with Gasteiger partial charge in [-0.05, 0) is 12.1 Å². The summed E-state index contributed by atoms with van der Waals surface area (Å²) in [6.45, 7) is 3.53. The summed E-state index contributed by atoms with van der Waals surface area (Å²) in [5, 5.41) is 2.72. The molecule has 8 nitrogen and oxygen atoms in total. The van der Waals surface area contributed by atoms with Crippen molar-refractivity contribution < 1.29 is 4.79 Å². The first-order chi connectivity index (χ1) is 13.3. The summed E-state index contributed by atoms with van der Waals surface area (Å²) in [7, 11) is 0. The van der Waals surface area contributed by atoms with E-state index in [1.807, 2.05) is 6.07 Å². The van der Waals surface area contributed by atoms with E-state index in [2.05, 4.69) is 59.3 Å². The van der Waals surface area contributed by atoms with Crippen LogP contribution in [0.1, 0.15) is 10.5 Å². The SMILES string of the molecule is O=C(Nc1cnc(N2CCN(c3ccccc3)CC2)nc1)c1cnccn1.